The zero-order chi connectivity index (χ0) is 13.8. The smallest absolute Gasteiger partial charge is 0.322 e. The van der Waals surface area contributed by atoms with E-state index in [0.29, 0.717) is 11.3 Å². The summed E-state index contributed by atoms with van der Waals surface area (Å²) >= 11 is 0. The van der Waals surface area contributed by atoms with Gasteiger partial charge in [-0.15, -0.1) is 0 Å². The molecule has 1 aromatic carbocycles. The van der Waals surface area contributed by atoms with Crippen molar-refractivity contribution in [3.8, 4) is 5.75 Å². The molecular weight excluding hydrogens is 234 g/mol. The van der Waals surface area contributed by atoms with Crippen LogP contribution in [0.3, 0.4) is 0 Å². The molecular formula is C13H17NO4. The van der Waals surface area contributed by atoms with E-state index in [1.54, 1.807) is 24.3 Å². The first-order valence-electron chi connectivity index (χ1n) is 5.57. The first-order chi connectivity index (χ1) is 8.28. The lowest BCUT2D eigenvalue weighted by Crippen LogP contribution is -2.29. The van der Waals surface area contributed by atoms with Crippen LogP contribution in [-0.2, 0) is 4.79 Å². The maximum absolute atomic E-state index is 11.5. The molecule has 0 heterocycles. The third-order valence-corrected chi connectivity index (χ3v) is 1.94. The number of carbonyl (C=O) groups is 2. The van der Waals surface area contributed by atoms with Crippen LogP contribution in [0.2, 0.25) is 0 Å². The number of amides is 1. The first kappa shape index (κ1) is 14.0. The monoisotopic (exact) mass is 251 g/mol. The van der Waals surface area contributed by atoms with Gasteiger partial charge in [-0.25, -0.2) is 0 Å². The standard InChI is InChI=1S/C13H17NO4/c1-13(2,3)18-10-6-4-9(5-7-10)12(17)14-8-11(15)16/h4-7H,8H2,1-3H3,(H,14,17)(H,15,16). The van der Waals surface area contributed by atoms with Crippen LogP contribution in [0.25, 0.3) is 0 Å². The van der Waals surface area contributed by atoms with Crippen molar-refractivity contribution >= 4 is 11.9 Å². The minimum absolute atomic E-state index is 0.299. The van der Waals surface area contributed by atoms with Gasteiger partial charge < -0.3 is 15.2 Å². The minimum atomic E-state index is -1.07. The van der Waals surface area contributed by atoms with Crippen LogP contribution in [0.1, 0.15) is 31.1 Å². The summed E-state index contributed by atoms with van der Waals surface area (Å²) in [7, 11) is 0. The Morgan fingerprint density at radius 1 is 1.22 bits per heavy atom. The van der Waals surface area contributed by atoms with Crippen molar-refractivity contribution in [3.63, 3.8) is 0 Å². The van der Waals surface area contributed by atoms with Gasteiger partial charge in [0, 0.05) is 5.56 Å². The Labute approximate surface area is 106 Å². The number of ether oxygens (including phenoxy) is 1. The van der Waals surface area contributed by atoms with Crippen LogP contribution in [-0.4, -0.2) is 29.1 Å². The van der Waals surface area contributed by atoms with E-state index in [1.165, 1.54) is 0 Å². The molecule has 0 aliphatic rings. The molecule has 1 amide bonds. The summed E-state index contributed by atoms with van der Waals surface area (Å²) in [5.74, 6) is -0.826. The summed E-state index contributed by atoms with van der Waals surface area (Å²) < 4.78 is 5.61. The Kier molecular flexibility index (Phi) is 4.31. The number of carboxylic acids is 1. The molecule has 5 nitrogen and oxygen atoms in total. The number of carbonyl (C=O) groups excluding carboxylic acids is 1. The lowest BCUT2D eigenvalue weighted by molar-refractivity contribution is -0.135. The molecule has 0 saturated carbocycles. The molecule has 1 aromatic rings. The van der Waals surface area contributed by atoms with Gasteiger partial charge >= 0.3 is 5.97 Å². The van der Waals surface area contributed by atoms with Crippen molar-refractivity contribution in [3.05, 3.63) is 29.8 Å². The molecule has 1 rings (SSSR count). The Balaban J connectivity index is 2.65. The molecule has 5 heteroatoms. The number of benzene rings is 1. The van der Waals surface area contributed by atoms with Crippen molar-refractivity contribution in [1.29, 1.82) is 0 Å². The van der Waals surface area contributed by atoms with E-state index in [9.17, 15) is 9.59 Å². The molecule has 0 aromatic heterocycles. The van der Waals surface area contributed by atoms with E-state index >= 15 is 0 Å². The SMILES string of the molecule is CC(C)(C)Oc1ccc(C(=O)NCC(=O)O)cc1. The molecule has 0 radical (unpaired) electrons. The molecule has 0 aliphatic heterocycles. The minimum Gasteiger partial charge on any atom is -0.488 e. The van der Waals surface area contributed by atoms with Crippen molar-refractivity contribution < 1.29 is 19.4 Å². The molecule has 0 saturated heterocycles. The second-order valence-electron chi connectivity index (χ2n) is 4.82. The van der Waals surface area contributed by atoms with Gasteiger partial charge in [-0.05, 0) is 45.0 Å². The summed E-state index contributed by atoms with van der Waals surface area (Å²) in [4.78, 5) is 21.8. The highest BCUT2D eigenvalue weighted by molar-refractivity contribution is 5.95. The topological polar surface area (TPSA) is 75.6 Å². The average molecular weight is 251 g/mol. The second kappa shape index (κ2) is 5.53. The van der Waals surface area contributed by atoms with Crippen LogP contribution in [0.5, 0.6) is 5.75 Å². The Morgan fingerprint density at radius 2 is 1.78 bits per heavy atom. The number of hydrogen-bond acceptors (Lipinski definition) is 3. The number of carboxylic acid groups (broad SMARTS) is 1. The fourth-order valence-electron chi connectivity index (χ4n) is 1.29. The van der Waals surface area contributed by atoms with Gasteiger partial charge in [0.1, 0.15) is 17.9 Å². The third kappa shape index (κ3) is 4.86. The lowest BCUT2D eigenvalue weighted by atomic mass is 10.1. The molecule has 0 spiro atoms. The zero-order valence-electron chi connectivity index (χ0n) is 10.7. The van der Waals surface area contributed by atoms with Gasteiger partial charge in [-0.1, -0.05) is 0 Å². The number of rotatable bonds is 4. The maximum Gasteiger partial charge on any atom is 0.322 e. The quantitative estimate of drug-likeness (QED) is 0.853. The van der Waals surface area contributed by atoms with Crippen LogP contribution in [0.15, 0.2) is 24.3 Å². The maximum atomic E-state index is 11.5. The number of aliphatic carboxylic acids is 1. The normalized spacial score (nSPS) is 10.8. The van der Waals surface area contributed by atoms with E-state index in [1.807, 2.05) is 20.8 Å². The number of nitrogens with one attached hydrogen (secondary N) is 1. The van der Waals surface area contributed by atoms with Gasteiger partial charge in [0.25, 0.3) is 5.91 Å². The highest BCUT2D eigenvalue weighted by Gasteiger charge is 2.12. The summed E-state index contributed by atoms with van der Waals surface area (Å²) in [6.45, 7) is 5.40. The molecule has 18 heavy (non-hydrogen) atoms. The van der Waals surface area contributed by atoms with Crippen LogP contribution in [0, 0.1) is 0 Å². The molecule has 2 N–H and O–H groups in total. The highest BCUT2D eigenvalue weighted by Crippen LogP contribution is 2.18. The molecule has 0 bridgehead atoms. The van der Waals surface area contributed by atoms with E-state index in [2.05, 4.69) is 5.32 Å². The summed E-state index contributed by atoms with van der Waals surface area (Å²) in [5, 5.41) is 10.7. The van der Waals surface area contributed by atoms with Gasteiger partial charge in [0.15, 0.2) is 0 Å². The predicted octanol–water partition coefficient (Wildman–Crippen LogP) is 1.68. The molecule has 0 unspecified atom stereocenters. The van der Waals surface area contributed by atoms with E-state index in [0.717, 1.165) is 0 Å². The highest BCUT2D eigenvalue weighted by atomic mass is 16.5. The van der Waals surface area contributed by atoms with Crippen molar-refractivity contribution in [1.82, 2.24) is 5.32 Å². The van der Waals surface area contributed by atoms with E-state index in [4.69, 9.17) is 9.84 Å². The predicted molar refractivity (Wildman–Crippen MR) is 66.8 cm³/mol. The first-order valence-corrected chi connectivity index (χ1v) is 5.57. The van der Waals surface area contributed by atoms with Crippen molar-refractivity contribution in [2.24, 2.45) is 0 Å². The Hall–Kier alpha value is -2.04. The van der Waals surface area contributed by atoms with Crippen molar-refractivity contribution in [2.75, 3.05) is 6.54 Å². The Bertz CT molecular complexity index is 431. The lowest BCUT2D eigenvalue weighted by Gasteiger charge is -2.21. The van der Waals surface area contributed by atoms with Crippen molar-refractivity contribution in [2.45, 2.75) is 26.4 Å². The van der Waals surface area contributed by atoms with Gasteiger partial charge in [-0.2, -0.15) is 0 Å². The fraction of sp³-hybridized carbons (Fsp3) is 0.385. The zero-order valence-corrected chi connectivity index (χ0v) is 10.7. The Morgan fingerprint density at radius 3 is 2.22 bits per heavy atom. The van der Waals surface area contributed by atoms with Gasteiger partial charge in [0.2, 0.25) is 0 Å². The number of hydrogen-bond donors (Lipinski definition) is 2. The van der Waals surface area contributed by atoms with Crippen LogP contribution >= 0.6 is 0 Å². The average Bonchev–Trinajstić information content (AvgIpc) is 2.24. The summed E-state index contributed by atoms with van der Waals surface area (Å²) in [6.07, 6.45) is 0. The van der Waals surface area contributed by atoms with Gasteiger partial charge in [-0.3, -0.25) is 9.59 Å². The second-order valence-corrected chi connectivity index (χ2v) is 4.82. The fourth-order valence-corrected chi connectivity index (χ4v) is 1.29. The van der Waals surface area contributed by atoms with E-state index in [-0.39, 0.29) is 12.1 Å². The summed E-state index contributed by atoms with van der Waals surface area (Å²) in [5.41, 5.74) is 0.102. The van der Waals surface area contributed by atoms with Crippen LogP contribution < -0.4 is 10.1 Å². The van der Waals surface area contributed by atoms with Gasteiger partial charge in [0.05, 0.1) is 0 Å². The largest absolute Gasteiger partial charge is 0.488 e. The van der Waals surface area contributed by atoms with E-state index < -0.39 is 11.9 Å². The van der Waals surface area contributed by atoms with Crippen LogP contribution in [0.4, 0.5) is 0 Å². The molecule has 98 valence electrons. The third-order valence-electron chi connectivity index (χ3n) is 1.94. The summed E-state index contributed by atoms with van der Waals surface area (Å²) in [6, 6.07) is 6.55. The molecule has 0 atom stereocenters. The molecule has 0 aliphatic carbocycles. The molecule has 0 fully saturated rings.